The van der Waals surface area contributed by atoms with E-state index in [0.717, 1.165) is 4.57 Å². The highest BCUT2D eigenvalue weighted by Gasteiger charge is 2.07. The monoisotopic (exact) mass is 198 g/mol. The molecular weight excluding hydrogens is 184 g/mol. The van der Waals surface area contributed by atoms with Gasteiger partial charge in [-0.3, -0.25) is 13.9 Å². The van der Waals surface area contributed by atoms with Crippen molar-refractivity contribution in [1.82, 2.24) is 9.13 Å². The molecule has 1 rings (SSSR count). The number of methoxy groups -OCH3 is 1. The fourth-order valence-electron chi connectivity index (χ4n) is 1.24. The van der Waals surface area contributed by atoms with E-state index in [1.54, 1.807) is 7.11 Å². The zero-order valence-corrected chi connectivity index (χ0v) is 8.56. The minimum absolute atomic E-state index is 0.0701. The maximum atomic E-state index is 11.6. The number of hydrogen-bond acceptors (Lipinski definition) is 3. The highest BCUT2D eigenvalue weighted by molar-refractivity contribution is 4.87. The minimum atomic E-state index is -0.318. The molecule has 1 atom stereocenters. The largest absolute Gasteiger partial charge is 0.383 e. The molecule has 14 heavy (non-hydrogen) atoms. The second kappa shape index (κ2) is 4.23. The molecule has 0 aliphatic carbocycles. The molecule has 0 aliphatic heterocycles. The summed E-state index contributed by atoms with van der Waals surface area (Å²) in [5, 5.41) is 0. The third-order valence-electron chi connectivity index (χ3n) is 2.10. The topological polar surface area (TPSA) is 53.2 Å². The van der Waals surface area contributed by atoms with Crippen molar-refractivity contribution in [2.24, 2.45) is 7.05 Å². The maximum absolute atomic E-state index is 11.6. The van der Waals surface area contributed by atoms with Gasteiger partial charge < -0.3 is 4.74 Å². The Labute approximate surface area is 81.6 Å². The van der Waals surface area contributed by atoms with E-state index in [1.807, 2.05) is 6.92 Å². The van der Waals surface area contributed by atoms with Crippen LogP contribution in [0.25, 0.3) is 0 Å². The highest BCUT2D eigenvalue weighted by Crippen LogP contribution is 1.99. The lowest BCUT2D eigenvalue weighted by Crippen LogP contribution is -2.38. The predicted octanol–water partition coefficient (Wildman–Crippen LogP) is -0.246. The van der Waals surface area contributed by atoms with Gasteiger partial charge in [-0.15, -0.1) is 0 Å². The van der Waals surface area contributed by atoms with Crippen molar-refractivity contribution in [3.8, 4) is 0 Å². The summed E-state index contributed by atoms with van der Waals surface area (Å²) in [5.41, 5.74) is -0.613. The molecule has 0 N–H and O–H groups in total. The Bertz CT molecular complexity index is 419. The molecule has 0 aliphatic rings. The van der Waals surface area contributed by atoms with Crippen LogP contribution in [-0.2, 0) is 11.8 Å². The Hall–Kier alpha value is -1.36. The molecule has 5 heteroatoms. The molecule has 0 fully saturated rings. The van der Waals surface area contributed by atoms with E-state index in [4.69, 9.17) is 4.74 Å². The predicted molar refractivity (Wildman–Crippen MR) is 52.5 cm³/mol. The fraction of sp³-hybridized carbons (Fsp3) is 0.556. The number of ether oxygens (including phenoxy) is 1. The van der Waals surface area contributed by atoms with Gasteiger partial charge in [0.15, 0.2) is 0 Å². The zero-order chi connectivity index (χ0) is 10.7. The van der Waals surface area contributed by atoms with E-state index >= 15 is 0 Å². The van der Waals surface area contributed by atoms with E-state index in [-0.39, 0.29) is 17.3 Å². The maximum Gasteiger partial charge on any atom is 0.331 e. The van der Waals surface area contributed by atoms with E-state index < -0.39 is 0 Å². The standard InChI is InChI=1S/C9H14N2O3/c1-7(6-14-3)11-5-4-8(12)10(2)9(11)13/h4-5,7H,6H2,1-3H3. The van der Waals surface area contributed by atoms with Crippen molar-refractivity contribution < 1.29 is 4.74 Å². The first-order valence-electron chi connectivity index (χ1n) is 4.35. The average molecular weight is 198 g/mol. The van der Waals surface area contributed by atoms with Gasteiger partial charge in [-0.2, -0.15) is 0 Å². The Kier molecular flexibility index (Phi) is 3.24. The average Bonchev–Trinajstić information content (AvgIpc) is 2.15. The molecule has 1 unspecified atom stereocenters. The molecule has 0 radical (unpaired) electrons. The van der Waals surface area contributed by atoms with Crippen molar-refractivity contribution in [3.05, 3.63) is 33.1 Å². The highest BCUT2D eigenvalue weighted by atomic mass is 16.5. The lowest BCUT2D eigenvalue weighted by molar-refractivity contribution is 0.159. The van der Waals surface area contributed by atoms with Crippen LogP contribution in [0.15, 0.2) is 21.9 Å². The molecule has 1 aromatic rings. The zero-order valence-electron chi connectivity index (χ0n) is 8.56. The number of rotatable bonds is 3. The fourth-order valence-corrected chi connectivity index (χ4v) is 1.24. The summed E-state index contributed by atoms with van der Waals surface area (Å²) in [5.74, 6) is 0. The lowest BCUT2D eigenvalue weighted by atomic mass is 10.3. The van der Waals surface area contributed by atoms with E-state index in [9.17, 15) is 9.59 Å². The normalized spacial score (nSPS) is 12.8. The Morgan fingerprint density at radius 3 is 2.71 bits per heavy atom. The Morgan fingerprint density at radius 2 is 2.14 bits per heavy atom. The van der Waals surface area contributed by atoms with Crippen molar-refractivity contribution in [2.45, 2.75) is 13.0 Å². The molecule has 1 heterocycles. The van der Waals surface area contributed by atoms with E-state index in [2.05, 4.69) is 0 Å². The number of hydrogen-bond donors (Lipinski definition) is 0. The summed E-state index contributed by atoms with van der Waals surface area (Å²) in [6.07, 6.45) is 1.49. The molecule has 0 saturated carbocycles. The van der Waals surface area contributed by atoms with Crippen LogP contribution in [0.4, 0.5) is 0 Å². The van der Waals surface area contributed by atoms with Gasteiger partial charge in [0.25, 0.3) is 5.56 Å². The third kappa shape index (κ3) is 1.93. The quantitative estimate of drug-likeness (QED) is 0.673. The number of nitrogens with zero attached hydrogens (tertiary/aromatic N) is 2. The summed E-state index contributed by atoms with van der Waals surface area (Å²) in [7, 11) is 3.03. The van der Waals surface area contributed by atoms with Crippen LogP contribution in [0.3, 0.4) is 0 Å². The minimum Gasteiger partial charge on any atom is -0.383 e. The summed E-state index contributed by atoms with van der Waals surface area (Å²) in [6.45, 7) is 2.30. The summed E-state index contributed by atoms with van der Waals surface area (Å²) < 4.78 is 7.49. The molecule has 0 bridgehead atoms. The van der Waals surface area contributed by atoms with E-state index in [1.165, 1.54) is 23.9 Å². The molecule has 0 spiro atoms. The molecule has 0 saturated heterocycles. The Balaban J connectivity index is 3.18. The third-order valence-corrected chi connectivity index (χ3v) is 2.10. The van der Waals surface area contributed by atoms with Crippen molar-refractivity contribution in [3.63, 3.8) is 0 Å². The second-order valence-electron chi connectivity index (χ2n) is 3.21. The molecule has 0 aromatic carbocycles. The van der Waals surface area contributed by atoms with Crippen LogP contribution in [0.5, 0.6) is 0 Å². The summed E-state index contributed by atoms with van der Waals surface area (Å²) >= 11 is 0. The van der Waals surface area contributed by atoms with Crippen molar-refractivity contribution in [1.29, 1.82) is 0 Å². The van der Waals surface area contributed by atoms with Gasteiger partial charge in [-0.05, 0) is 6.92 Å². The van der Waals surface area contributed by atoms with Gasteiger partial charge in [-0.1, -0.05) is 0 Å². The number of aromatic nitrogens is 2. The van der Waals surface area contributed by atoms with Gasteiger partial charge in [-0.25, -0.2) is 4.79 Å². The molecule has 5 nitrogen and oxygen atoms in total. The van der Waals surface area contributed by atoms with Crippen LogP contribution < -0.4 is 11.2 Å². The van der Waals surface area contributed by atoms with Gasteiger partial charge in [0.05, 0.1) is 12.6 Å². The van der Waals surface area contributed by atoms with Crippen LogP contribution in [0, 0.1) is 0 Å². The van der Waals surface area contributed by atoms with Crippen LogP contribution >= 0.6 is 0 Å². The Morgan fingerprint density at radius 1 is 1.50 bits per heavy atom. The smallest absolute Gasteiger partial charge is 0.331 e. The van der Waals surface area contributed by atoms with Crippen LogP contribution in [0.1, 0.15) is 13.0 Å². The molecule has 0 amide bonds. The second-order valence-corrected chi connectivity index (χ2v) is 3.21. The first kappa shape index (κ1) is 10.7. The van der Waals surface area contributed by atoms with Gasteiger partial charge >= 0.3 is 5.69 Å². The lowest BCUT2D eigenvalue weighted by Gasteiger charge is -2.14. The van der Waals surface area contributed by atoms with Crippen LogP contribution in [0.2, 0.25) is 0 Å². The summed E-state index contributed by atoms with van der Waals surface area (Å²) in [4.78, 5) is 22.7. The summed E-state index contributed by atoms with van der Waals surface area (Å²) in [6, 6.07) is 1.30. The van der Waals surface area contributed by atoms with Gasteiger partial charge in [0.2, 0.25) is 0 Å². The van der Waals surface area contributed by atoms with Crippen LogP contribution in [-0.4, -0.2) is 22.9 Å². The first-order chi connectivity index (χ1) is 6.57. The molecule has 1 aromatic heterocycles. The van der Waals surface area contributed by atoms with E-state index in [0.29, 0.717) is 6.61 Å². The van der Waals surface area contributed by atoms with Gasteiger partial charge in [0.1, 0.15) is 0 Å². The first-order valence-corrected chi connectivity index (χ1v) is 4.35. The van der Waals surface area contributed by atoms with Gasteiger partial charge in [0, 0.05) is 26.4 Å². The molecular formula is C9H14N2O3. The van der Waals surface area contributed by atoms with Crippen molar-refractivity contribution in [2.75, 3.05) is 13.7 Å². The van der Waals surface area contributed by atoms with Crippen molar-refractivity contribution >= 4 is 0 Å². The molecule has 78 valence electrons. The SMILES string of the molecule is COCC(C)n1ccc(=O)n(C)c1=O.